The second-order valence-corrected chi connectivity index (χ2v) is 19.0. The molecule has 0 unspecified atom stereocenters. The van der Waals surface area contributed by atoms with E-state index in [0.717, 1.165) is 23.1 Å². The van der Waals surface area contributed by atoms with E-state index in [1.807, 2.05) is 0 Å². The average molecular weight is 840 g/mol. The van der Waals surface area contributed by atoms with E-state index in [-0.39, 0.29) is 39.6 Å². The van der Waals surface area contributed by atoms with E-state index in [1.165, 1.54) is 29.9 Å². The van der Waals surface area contributed by atoms with Crippen LogP contribution in [0.15, 0.2) is 60.9 Å². The number of halogens is 6. The molecular formula is C36H35ClF5N7O5S2. The SMILES string of the molecule is Cn1nc(NS(C)(=O)=O)c2c(Cl)ccc(-c3ccc(/C=C\C(C)(C)S(=O)(=O)C4CC4)nc3[C@H](Cc3cc(F)cc(F)c3)NC(=O)Cn3cc(C(F)(F)F)cn3)c21. The van der Waals surface area contributed by atoms with Crippen molar-refractivity contribution in [2.45, 2.75) is 61.9 Å². The Hall–Kier alpha value is -4.88. The van der Waals surface area contributed by atoms with Crippen LogP contribution in [0.25, 0.3) is 28.1 Å². The summed E-state index contributed by atoms with van der Waals surface area (Å²) in [5.74, 6) is -2.74. The number of alkyl halides is 3. The van der Waals surface area contributed by atoms with Crippen molar-refractivity contribution in [1.29, 1.82) is 0 Å². The summed E-state index contributed by atoms with van der Waals surface area (Å²) < 4.78 is 123. The minimum atomic E-state index is -4.72. The van der Waals surface area contributed by atoms with Gasteiger partial charge in [-0.3, -0.25) is 23.9 Å². The van der Waals surface area contributed by atoms with Gasteiger partial charge in [0, 0.05) is 30.4 Å². The molecular weight excluding hydrogens is 805 g/mol. The number of rotatable bonds is 13. The van der Waals surface area contributed by atoms with Gasteiger partial charge in [0.1, 0.15) is 18.2 Å². The zero-order chi connectivity index (χ0) is 41.0. The lowest BCUT2D eigenvalue weighted by atomic mass is 9.93. The number of nitrogens with zero attached hydrogens (tertiary/aromatic N) is 5. The summed E-state index contributed by atoms with van der Waals surface area (Å²) in [6.07, 6.45) is 1.24. The van der Waals surface area contributed by atoms with Gasteiger partial charge in [0.2, 0.25) is 15.9 Å². The molecule has 0 bridgehead atoms. The lowest BCUT2D eigenvalue weighted by Gasteiger charge is -2.23. The van der Waals surface area contributed by atoms with E-state index in [9.17, 15) is 43.6 Å². The van der Waals surface area contributed by atoms with Crippen molar-refractivity contribution in [3.63, 3.8) is 0 Å². The monoisotopic (exact) mass is 839 g/mol. The number of aromatic nitrogens is 5. The molecule has 298 valence electrons. The summed E-state index contributed by atoms with van der Waals surface area (Å²) in [7, 11) is -5.83. The summed E-state index contributed by atoms with van der Waals surface area (Å²) >= 11 is 6.58. The summed E-state index contributed by atoms with van der Waals surface area (Å²) in [5.41, 5.74) is 0.323. The molecule has 0 saturated heterocycles. The molecule has 2 N–H and O–H groups in total. The summed E-state index contributed by atoms with van der Waals surface area (Å²) in [5, 5.41) is 10.6. The van der Waals surface area contributed by atoms with Crippen LogP contribution in [0.5, 0.6) is 0 Å². The van der Waals surface area contributed by atoms with Crippen LogP contribution in [0, 0.1) is 11.6 Å². The number of hydrogen-bond acceptors (Lipinski definition) is 8. The highest BCUT2D eigenvalue weighted by Gasteiger charge is 2.44. The smallest absolute Gasteiger partial charge is 0.346 e. The Morgan fingerprint density at radius 1 is 1.04 bits per heavy atom. The van der Waals surface area contributed by atoms with Crippen molar-refractivity contribution in [3.05, 3.63) is 100 Å². The number of pyridine rings is 1. The quantitative estimate of drug-likeness (QED) is 0.125. The third kappa shape index (κ3) is 8.89. The first kappa shape index (κ1) is 40.8. The maximum absolute atomic E-state index is 14.5. The van der Waals surface area contributed by atoms with Gasteiger partial charge in [0.05, 0.1) is 61.4 Å². The second kappa shape index (κ2) is 14.9. The van der Waals surface area contributed by atoms with Gasteiger partial charge < -0.3 is 5.32 Å². The third-order valence-corrected chi connectivity index (χ3v) is 12.9. The van der Waals surface area contributed by atoms with E-state index in [0.29, 0.717) is 47.9 Å². The van der Waals surface area contributed by atoms with Crippen LogP contribution in [0.1, 0.15) is 55.2 Å². The summed E-state index contributed by atoms with van der Waals surface area (Å²) in [6.45, 7) is 2.44. The second-order valence-electron chi connectivity index (χ2n) is 14.0. The van der Waals surface area contributed by atoms with E-state index in [1.54, 1.807) is 32.0 Å². The molecule has 1 saturated carbocycles. The van der Waals surface area contributed by atoms with Crippen molar-refractivity contribution < 1.29 is 43.6 Å². The Kier molecular flexibility index (Phi) is 10.8. The fourth-order valence-electron chi connectivity index (χ4n) is 6.27. The molecule has 6 rings (SSSR count). The highest BCUT2D eigenvalue weighted by atomic mass is 35.5. The van der Waals surface area contributed by atoms with Gasteiger partial charge in [0.25, 0.3) is 0 Å². The summed E-state index contributed by atoms with van der Waals surface area (Å²) in [6, 6.07) is 7.79. The lowest BCUT2D eigenvalue weighted by Crippen LogP contribution is -2.34. The zero-order valence-electron chi connectivity index (χ0n) is 30.2. The molecule has 56 heavy (non-hydrogen) atoms. The standard InChI is InChI=1S/C36H35ClF5N7O5S2/c1-35(2,56(53,54)25-6-7-25)12-11-24-5-8-26(27-9-10-28(37)31-33(27)48(3)46-34(31)47-55(4,51)52)32(44-24)29(15-20-13-22(38)16-23(39)14-20)45-30(50)19-49-18-21(17-43-49)36(40,41)42/h5,8-14,16-18,25,29H,6-7,15,19H2,1-4H3,(H,45,50)(H,46,47)/b12-11-/t29-/m0/s1. The number of benzene rings is 2. The predicted octanol–water partition coefficient (Wildman–Crippen LogP) is 6.62. The van der Waals surface area contributed by atoms with Gasteiger partial charge in [-0.25, -0.2) is 25.6 Å². The number of sulfone groups is 1. The van der Waals surface area contributed by atoms with Gasteiger partial charge >= 0.3 is 6.18 Å². The topological polar surface area (TPSA) is 158 Å². The van der Waals surface area contributed by atoms with E-state index < -0.39 is 71.7 Å². The maximum Gasteiger partial charge on any atom is 0.419 e. The number of hydrogen-bond donors (Lipinski definition) is 2. The van der Waals surface area contributed by atoms with Crippen molar-refractivity contribution >= 4 is 60.2 Å². The molecule has 1 fully saturated rings. The molecule has 20 heteroatoms. The number of carbonyl (C=O) groups is 1. The van der Waals surface area contributed by atoms with Crippen LogP contribution in [-0.4, -0.2) is 63.5 Å². The first-order valence-corrected chi connectivity index (χ1v) is 20.7. The van der Waals surface area contributed by atoms with Gasteiger partial charge in [-0.1, -0.05) is 29.8 Å². The van der Waals surface area contributed by atoms with Crippen LogP contribution >= 0.6 is 11.6 Å². The van der Waals surface area contributed by atoms with Gasteiger partial charge in [-0.15, -0.1) is 0 Å². The van der Waals surface area contributed by atoms with Crippen LogP contribution < -0.4 is 10.0 Å². The van der Waals surface area contributed by atoms with Crippen molar-refractivity contribution in [2.24, 2.45) is 7.05 Å². The largest absolute Gasteiger partial charge is 0.419 e. The minimum absolute atomic E-state index is 0.0810. The molecule has 1 amide bonds. The fraction of sp³-hybridized carbons (Fsp3) is 0.333. The Balaban J connectivity index is 1.53. The molecule has 12 nitrogen and oxygen atoms in total. The van der Waals surface area contributed by atoms with Crippen molar-refractivity contribution in [2.75, 3.05) is 11.0 Å². The predicted molar refractivity (Wildman–Crippen MR) is 201 cm³/mol. The van der Waals surface area contributed by atoms with Gasteiger partial charge in [-0.05, 0) is 69.0 Å². The Bertz CT molecular complexity index is 2580. The number of carbonyl (C=O) groups excluding carboxylic acids is 1. The molecule has 0 aliphatic heterocycles. The highest BCUT2D eigenvalue weighted by Crippen LogP contribution is 2.41. The van der Waals surface area contributed by atoms with Crippen LogP contribution in [0.3, 0.4) is 0 Å². The number of sulfonamides is 1. The van der Waals surface area contributed by atoms with Crippen LogP contribution in [0.4, 0.5) is 27.8 Å². The van der Waals surface area contributed by atoms with E-state index in [4.69, 9.17) is 16.6 Å². The Morgan fingerprint density at radius 3 is 2.30 bits per heavy atom. The zero-order valence-corrected chi connectivity index (χ0v) is 32.6. The minimum Gasteiger partial charge on any atom is -0.346 e. The molecule has 1 atom stereocenters. The number of amides is 1. The van der Waals surface area contributed by atoms with Gasteiger partial charge in [0.15, 0.2) is 15.7 Å². The van der Waals surface area contributed by atoms with Crippen molar-refractivity contribution in [1.82, 2.24) is 29.9 Å². The maximum atomic E-state index is 14.5. The number of anilines is 1. The fourth-order valence-corrected chi connectivity index (χ4v) is 8.88. The first-order valence-electron chi connectivity index (χ1n) is 16.9. The van der Waals surface area contributed by atoms with Crippen molar-refractivity contribution in [3.8, 4) is 11.1 Å². The molecule has 1 aliphatic rings. The first-order chi connectivity index (χ1) is 26.0. The van der Waals surface area contributed by atoms with Gasteiger partial charge in [-0.2, -0.15) is 23.4 Å². The normalized spacial score (nSPS) is 14.8. The highest BCUT2D eigenvalue weighted by molar-refractivity contribution is 7.93. The Labute approximate surface area is 323 Å². The average Bonchev–Trinajstić information content (AvgIpc) is 3.75. The molecule has 3 aromatic heterocycles. The molecule has 5 aromatic rings. The number of nitrogens with one attached hydrogen (secondary N) is 2. The van der Waals surface area contributed by atoms with E-state index >= 15 is 0 Å². The third-order valence-electron chi connectivity index (χ3n) is 9.10. The Morgan fingerprint density at radius 2 is 1.70 bits per heavy atom. The summed E-state index contributed by atoms with van der Waals surface area (Å²) in [4.78, 5) is 18.4. The molecule has 3 heterocycles. The van der Waals surface area contributed by atoms with E-state index in [2.05, 4.69) is 20.2 Å². The number of aryl methyl sites for hydroxylation is 1. The molecule has 2 aromatic carbocycles. The molecule has 0 spiro atoms. The number of fused-ring (bicyclic) bond motifs is 1. The lowest BCUT2D eigenvalue weighted by molar-refractivity contribution is -0.137. The van der Waals surface area contributed by atoms with Crippen LogP contribution in [-0.2, 0) is 50.8 Å². The van der Waals surface area contributed by atoms with Crippen LogP contribution in [0.2, 0.25) is 5.02 Å². The molecule has 0 radical (unpaired) electrons. The molecule has 1 aliphatic carbocycles.